The Morgan fingerprint density at radius 2 is 2.06 bits per heavy atom. The minimum Gasteiger partial charge on any atom is -0.486 e. The second-order valence-electron chi connectivity index (χ2n) is 3.67. The smallest absolute Gasteiger partial charge is 0.166 e. The second-order valence-corrected chi connectivity index (χ2v) is 4.99. The number of hydrogen-bond donors (Lipinski definition) is 1. The van der Waals surface area contributed by atoms with Gasteiger partial charge in [0.15, 0.2) is 11.6 Å². The van der Waals surface area contributed by atoms with E-state index in [-0.39, 0.29) is 12.4 Å². The largest absolute Gasteiger partial charge is 0.486 e. The molecule has 2 aromatic rings. The van der Waals surface area contributed by atoms with Crippen molar-refractivity contribution < 1.29 is 9.13 Å². The number of benzene rings is 2. The Morgan fingerprint density at radius 3 is 2.72 bits per heavy atom. The lowest BCUT2D eigenvalue weighted by Crippen LogP contribution is -2.02. The summed E-state index contributed by atoms with van der Waals surface area (Å²) in [7, 11) is 0. The minimum absolute atomic E-state index is 0.129. The Balaban J connectivity index is 2.16. The summed E-state index contributed by atoms with van der Waals surface area (Å²) in [6.07, 6.45) is 0. The first kappa shape index (κ1) is 13.2. The van der Waals surface area contributed by atoms with Crippen LogP contribution in [0.5, 0.6) is 5.75 Å². The molecule has 0 amide bonds. The molecule has 0 fully saturated rings. The summed E-state index contributed by atoms with van der Waals surface area (Å²) < 4.78 is 19.6. The molecule has 94 valence electrons. The van der Waals surface area contributed by atoms with Gasteiger partial charge < -0.3 is 10.5 Å². The molecule has 2 nitrogen and oxygen atoms in total. The molecule has 18 heavy (non-hydrogen) atoms. The van der Waals surface area contributed by atoms with E-state index in [2.05, 4.69) is 15.9 Å². The lowest BCUT2D eigenvalue weighted by molar-refractivity contribution is 0.291. The van der Waals surface area contributed by atoms with Crippen LogP contribution in [0.25, 0.3) is 0 Å². The zero-order valence-corrected chi connectivity index (χ0v) is 11.6. The number of hydrogen-bond acceptors (Lipinski definition) is 2. The lowest BCUT2D eigenvalue weighted by atomic mass is 10.2. The van der Waals surface area contributed by atoms with Crippen molar-refractivity contribution >= 4 is 33.2 Å². The zero-order chi connectivity index (χ0) is 13.1. The molecule has 0 aliphatic carbocycles. The topological polar surface area (TPSA) is 35.2 Å². The number of ether oxygens (including phenoxy) is 1. The van der Waals surface area contributed by atoms with E-state index < -0.39 is 5.82 Å². The lowest BCUT2D eigenvalue weighted by Gasteiger charge is -2.10. The standard InChI is InChI=1S/C13H10BrClFNO/c14-8-4-5-13(11(16)6-8)18-7-9-10(15)2-1-3-12(9)17/h1-6H,7,17H2. The minimum atomic E-state index is -0.435. The van der Waals surface area contributed by atoms with Crippen molar-refractivity contribution in [2.24, 2.45) is 0 Å². The fourth-order valence-electron chi connectivity index (χ4n) is 1.47. The number of nitrogens with two attached hydrogens (primary N) is 1. The van der Waals surface area contributed by atoms with Crippen LogP contribution in [0.2, 0.25) is 5.02 Å². The van der Waals surface area contributed by atoms with E-state index in [0.29, 0.717) is 20.7 Å². The van der Waals surface area contributed by atoms with E-state index in [1.807, 2.05) is 0 Å². The zero-order valence-electron chi connectivity index (χ0n) is 9.29. The maximum atomic E-state index is 13.5. The van der Waals surface area contributed by atoms with Crippen LogP contribution < -0.4 is 10.5 Å². The van der Waals surface area contributed by atoms with Gasteiger partial charge in [-0.1, -0.05) is 33.6 Å². The highest BCUT2D eigenvalue weighted by Crippen LogP contribution is 2.26. The van der Waals surface area contributed by atoms with Crippen LogP contribution in [-0.4, -0.2) is 0 Å². The van der Waals surface area contributed by atoms with Crippen LogP contribution in [-0.2, 0) is 6.61 Å². The maximum absolute atomic E-state index is 13.5. The van der Waals surface area contributed by atoms with Gasteiger partial charge in [0, 0.05) is 20.7 Å². The molecule has 0 unspecified atom stereocenters. The molecule has 2 rings (SSSR count). The van der Waals surface area contributed by atoms with Crippen LogP contribution in [0.3, 0.4) is 0 Å². The SMILES string of the molecule is Nc1cccc(Cl)c1COc1ccc(Br)cc1F. The van der Waals surface area contributed by atoms with Gasteiger partial charge in [-0.2, -0.15) is 0 Å². The Kier molecular flexibility index (Phi) is 4.09. The maximum Gasteiger partial charge on any atom is 0.166 e. The van der Waals surface area contributed by atoms with Crippen LogP contribution in [0.1, 0.15) is 5.56 Å². The predicted molar refractivity (Wildman–Crippen MR) is 74.3 cm³/mol. The molecule has 0 atom stereocenters. The third-order valence-corrected chi connectivity index (χ3v) is 3.27. The molecule has 0 heterocycles. The molecule has 0 saturated carbocycles. The van der Waals surface area contributed by atoms with Crippen molar-refractivity contribution in [1.82, 2.24) is 0 Å². The van der Waals surface area contributed by atoms with Crippen molar-refractivity contribution in [2.75, 3.05) is 5.73 Å². The fourth-order valence-corrected chi connectivity index (χ4v) is 2.04. The number of nitrogen functional groups attached to an aromatic ring is 1. The first-order valence-corrected chi connectivity index (χ1v) is 6.35. The van der Waals surface area contributed by atoms with Gasteiger partial charge in [-0.15, -0.1) is 0 Å². The van der Waals surface area contributed by atoms with Crippen molar-refractivity contribution in [3.8, 4) is 5.75 Å². The van der Waals surface area contributed by atoms with Crippen molar-refractivity contribution in [3.05, 3.63) is 57.3 Å². The molecule has 0 aromatic heterocycles. The summed E-state index contributed by atoms with van der Waals surface area (Å²) in [5.74, 6) is -0.271. The molecule has 0 saturated heterocycles. The summed E-state index contributed by atoms with van der Waals surface area (Å²) in [5, 5.41) is 0.507. The average Bonchev–Trinajstić information content (AvgIpc) is 2.31. The van der Waals surface area contributed by atoms with Crippen LogP contribution in [0, 0.1) is 5.82 Å². The molecule has 0 aliphatic heterocycles. The van der Waals surface area contributed by atoms with Gasteiger partial charge in [0.05, 0.1) is 0 Å². The van der Waals surface area contributed by atoms with E-state index >= 15 is 0 Å². The van der Waals surface area contributed by atoms with E-state index in [0.717, 1.165) is 0 Å². The van der Waals surface area contributed by atoms with Crippen molar-refractivity contribution in [3.63, 3.8) is 0 Å². The summed E-state index contributed by atoms with van der Waals surface area (Å²) in [6.45, 7) is 0.129. The van der Waals surface area contributed by atoms with Gasteiger partial charge in [0.25, 0.3) is 0 Å². The monoisotopic (exact) mass is 329 g/mol. The molecule has 2 aromatic carbocycles. The van der Waals surface area contributed by atoms with Crippen LogP contribution in [0.4, 0.5) is 10.1 Å². The molecular weight excluding hydrogens is 321 g/mol. The molecule has 0 radical (unpaired) electrons. The van der Waals surface area contributed by atoms with Gasteiger partial charge in [-0.3, -0.25) is 0 Å². The van der Waals surface area contributed by atoms with Crippen LogP contribution in [0.15, 0.2) is 40.9 Å². The Labute approximate surface area is 118 Å². The van der Waals surface area contributed by atoms with E-state index in [1.54, 1.807) is 30.3 Å². The molecular formula is C13H10BrClFNO. The number of anilines is 1. The molecule has 0 aliphatic rings. The summed E-state index contributed by atoms with van der Waals surface area (Å²) in [6, 6.07) is 9.78. The summed E-state index contributed by atoms with van der Waals surface area (Å²) in [4.78, 5) is 0. The highest BCUT2D eigenvalue weighted by Gasteiger charge is 2.08. The van der Waals surface area contributed by atoms with Gasteiger partial charge in [-0.25, -0.2) is 4.39 Å². The first-order valence-electron chi connectivity index (χ1n) is 5.18. The first-order chi connectivity index (χ1) is 8.58. The third kappa shape index (κ3) is 2.94. The Bertz CT molecular complexity index is 557. The summed E-state index contributed by atoms with van der Waals surface area (Å²) in [5.41, 5.74) is 6.96. The molecule has 0 bridgehead atoms. The molecule has 0 spiro atoms. The quantitative estimate of drug-likeness (QED) is 0.846. The van der Waals surface area contributed by atoms with Crippen LogP contribution >= 0.6 is 27.5 Å². The second kappa shape index (κ2) is 5.59. The Hall–Kier alpha value is -1.26. The highest BCUT2D eigenvalue weighted by atomic mass is 79.9. The molecule has 2 N–H and O–H groups in total. The third-order valence-electron chi connectivity index (χ3n) is 2.42. The molecule has 5 heteroatoms. The van der Waals surface area contributed by atoms with Gasteiger partial charge >= 0.3 is 0 Å². The Morgan fingerprint density at radius 1 is 1.28 bits per heavy atom. The normalized spacial score (nSPS) is 10.4. The van der Waals surface area contributed by atoms with Gasteiger partial charge in [-0.05, 0) is 30.3 Å². The number of rotatable bonds is 3. The number of halogens is 3. The van der Waals surface area contributed by atoms with Gasteiger partial charge in [0.2, 0.25) is 0 Å². The van der Waals surface area contributed by atoms with Crippen molar-refractivity contribution in [1.29, 1.82) is 0 Å². The highest BCUT2D eigenvalue weighted by molar-refractivity contribution is 9.10. The fraction of sp³-hybridized carbons (Fsp3) is 0.0769. The predicted octanol–water partition coefficient (Wildman–Crippen LogP) is 4.40. The van der Waals surface area contributed by atoms with E-state index in [1.165, 1.54) is 6.07 Å². The van der Waals surface area contributed by atoms with Gasteiger partial charge in [0.1, 0.15) is 6.61 Å². The van der Waals surface area contributed by atoms with E-state index in [4.69, 9.17) is 22.1 Å². The average molecular weight is 331 g/mol. The summed E-state index contributed by atoms with van der Waals surface area (Å²) >= 11 is 9.18. The van der Waals surface area contributed by atoms with Crippen molar-refractivity contribution in [2.45, 2.75) is 6.61 Å². The van der Waals surface area contributed by atoms with E-state index in [9.17, 15) is 4.39 Å².